The molecule has 1 amide bonds. The van der Waals surface area contributed by atoms with Gasteiger partial charge in [-0.2, -0.15) is 24.9 Å². The molecule has 2 fully saturated rings. The van der Waals surface area contributed by atoms with Crippen molar-refractivity contribution < 1.29 is 23.1 Å². The van der Waals surface area contributed by atoms with E-state index in [1.165, 1.54) is 12.4 Å². The van der Waals surface area contributed by atoms with Crippen LogP contribution in [0.2, 0.25) is 0 Å². The number of hydrogen-bond acceptors (Lipinski definition) is 7. The van der Waals surface area contributed by atoms with E-state index >= 15 is 0 Å². The highest BCUT2D eigenvalue weighted by atomic mass is 32.2. The van der Waals surface area contributed by atoms with Crippen molar-refractivity contribution in [2.45, 2.75) is 50.0 Å². The molecule has 1 aromatic heterocycles. The van der Waals surface area contributed by atoms with Crippen LogP contribution in [0.15, 0.2) is 24.5 Å². The number of aliphatic hydroxyl groups excluding tert-OH is 1. The van der Waals surface area contributed by atoms with Crippen LogP contribution in [0.1, 0.15) is 31.2 Å². The maximum absolute atomic E-state index is 13.1. The number of carbonyl (C=O) groups excluding carboxylic acids is 1. The van der Waals surface area contributed by atoms with E-state index in [-0.39, 0.29) is 35.8 Å². The van der Waals surface area contributed by atoms with Crippen molar-refractivity contribution in [1.29, 1.82) is 0 Å². The number of nitrogens with one attached hydrogen (secondary N) is 2. The van der Waals surface area contributed by atoms with Crippen LogP contribution in [-0.2, 0) is 11.0 Å². The Kier molecular flexibility index (Phi) is 7.83. The molecule has 1 saturated carbocycles. The number of likely N-dealkylation sites (tertiary alicyclic amines) is 1. The first kappa shape index (κ1) is 25.0. The van der Waals surface area contributed by atoms with Gasteiger partial charge in [-0.05, 0) is 56.1 Å². The van der Waals surface area contributed by atoms with E-state index in [9.17, 15) is 23.1 Å². The largest absolute Gasteiger partial charge is 0.416 e. The van der Waals surface area contributed by atoms with Crippen molar-refractivity contribution in [2.75, 3.05) is 37.0 Å². The third-order valence-electron chi connectivity index (χ3n) is 6.79. The smallest absolute Gasteiger partial charge is 0.392 e. The summed E-state index contributed by atoms with van der Waals surface area (Å²) in [7, 11) is 0. The van der Waals surface area contributed by atoms with Crippen molar-refractivity contribution in [3.63, 3.8) is 0 Å². The number of benzene rings is 1. The molecule has 3 N–H and O–H groups in total. The Balaban J connectivity index is 1.23. The van der Waals surface area contributed by atoms with E-state index in [1.54, 1.807) is 11.8 Å². The second kappa shape index (κ2) is 10.7. The van der Waals surface area contributed by atoms with Crippen molar-refractivity contribution >= 4 is 34.4 Å². The first-order chi connectivity index (χ1) is 16.2. The highest BCUT2D eigenvalue weighted by molar-refractivity contribution is 7.98. The Morgan fingerprint density at radius 3 is 2.65 bits per heavy atom. The molecule has 0 radical (unpaired) electrons. The van der Waals surface area contributed by atoms with Crippen LogP contribution in [-0.4, -0.2) is 75.7 Å². The number of carbonyl (C=O) groups is 1. The van der Waals surface area contributed by atoms with Crippen molar-refractivity contribution in [1.82, 2.24) is 20.2 Å². The zero-order valence-corrected chi connectivity index (χ0v) is 19.8. The lowest BCUT2D eigenvalue weighted by atomic mass is 9.81. The molecule has 1 saturated heterocycles. The first-order valence-corrected chi connectivity index (χ1v) is 12.9. The van der Waals surface area contributed by atoms with E-state index in [0.29, 0.717) is 17.5 Å². The quantitative estimate of drug-likeness (QED) is 0.516. The molecule has 186 valence electrons. The van der Waals surface area contributed by atoms with Crippen molar-refractivity contribution in [3.8, 4) is 0 Å². The molecule has 1 aliphatic heterocycles. The Labute approximate surface area is 200 Å². The van der Waals surface area contributed by atoms with Gasteiger partial charge in [-0.3, -0.25) is 9.69 Å². The fraction of sp³-hybridized carbons (Fsp3) is 0.609. The van der Waals surface area contributed by atoms with Gasteiger partial charge in [-0.25, -0.2) is 9.97 Å². The number of amides is 1. The number of hydrogen-bond donors (Lipinski definition) is 3. The fourth-order valence-electron chi connectivity index (χ4n) is 4.88. The summed E-state index contributed by atoms with van der Waals surface area (Å²) in [6, 6.07) is 3.83. The van der Waals surface area contributed by atoms with Crippen LogP contribution in [0.3, 0.4) is 0 Å². The van der Waals surface area contributed by atoms with E-state index in [2.05, 4.69) is 25.5 Å². The topological polar surface area (TPSA) is 90.4 Å². The minimum atomic E-state index is -4.47. The van der Waals surface area contributed by atoms with Gasteiger partial charge in [0.05, 0.1) is 29.8 Å². The van der Waals surface area contributed by atoms with E-state index in [1.807, 2.05) is 6.26 Å². The lowest BCUT2D eigenvalue weighted by molar-refractivity contribution is -0.137. The zero-order chi connectivity index (χ0) is 24.3. The standard InChI is InChI=1S/C23H30F3N5O2S/c1-34-12-20(32)14-2-5-17(6-3-14)31-10-16(11-31)30-21(33)9-27-22-18-8-15(23(24,25)26)4-7-19(18)28-13-29-22/h4,7-8,13-14,16-17,20,32H,2-3,5-6,9-12H2,1H3,(H,30,33)(H,27,28,29). The van der Waals surface area contributed by atoms with Crippen LogP contribution in [0.25, 0.3) is 10.9 Å². The predicted octanol–water partition coefficient (Wildman–Crippen LogP) is 3.14. The number of alkyl halides is 3. The van der Waals surface area contributed by atoms with Crippen LogP contribution < -0.4 is 10.6 Å². The SMILES string of the molecule is CSCC(O)C1CCC(N2CC(NC(=O)CNc3ncnc4ccc(C(F)(F)F)cc34)C2)CC1. The molecular weight excluding hydrogens is 467 g/mol. The average Bonchev–Trinajstić information content (AvgIpc) is 2.79. The summed E-state index contributed by atoms with van der Waals surface area (Å²) in [6.45, 7) is 1.50. The Bertz CT molecular complexity index is 994. The molecule has 2 aromatic rings. The monoisotopic (exact) mass is 497 g/mol. The van der Waals surface area contributed by atoms with Crippen molar-refractivity contribution in [3.05, 3.63) is 30.1 Å². The second-order valence-corrected chi connectivity index (χ2v) is 10.0. The van der Waals surface area contributed by atoms with Gasteiger partial charge in [-0.15, -0.1) is 0 Å². The third kappa shape index (κ3) is 5.92. The van der Waals surface area contributed by atoms with Gasteiger partial charge >= 0.3 is 6.18 Å². The van der Waals surface area contributed by atoms with Crippen LogP contribution in [0, 0.1) is 5.92 Å². The minimum Gasteiger partial charge on any atom is -0.392 e. The lowest BCUT2D eigenvalue weighted by Gasteiger charge is -2.47. The molecule has 11 heteroatoms. The molecule has 2 heterocycles. The van der Waals surface area contributed by atoms with Gasteiger partial charge in [0, 0.05) is 30.3 Å². The first-order valence-electron chi connectivity index (χ1n) is 11.5. The molecular formula is C23H30F3N5O2S. The molecule has 7 nitrogen and oxygen atoms in total. The number of halogens is 3. The zero-order valence-electron chi connectivity index (χ0n) is 19.0. The van der Waals surface area contributed by atoms with Gasteiger partial charge in [0.1, 0.15) is 12.1 Å². The number of fused-ring (bicyclic) bond motifs is 1. The number of aliphatic hydroxyl groups is 1. The summed E-state index contributed by atoms with van der Waals surface area (Å²) in [5, 5.41) is 16.3. The van der Waals surface area contributed by atoms with Crippen LogP contribution in [0.5, 0.6) is 0 Å². The lowest BCUT2D eigenvalue weighted by Crippen LogP contribution is -2.63. The van der Waals surface area contributed by atoms with Gasteiger partial charge in [0.2, 0.25) is 5.91 Å². The molecule has 2 aliphatic rings. The second-order valence-electron chi connectivity index (χ2n) is 9.12. The van der Waals surface area contributed by atoms with E-state index in [0.717, 1.165) is 56.7 Å². The summed E-state index contributed by atoms with van der Waals surface area (Å²) >= 11 is 1.68. The number of thioether (sulfide) groups is 1. The van der Waals surface area contributed by atoms with Gasteiger partial charge in [-0.1, -0.05) is 0 Å². The average molecular weight is 498 g/mol. The number of nitrogens with zero attached hydrogens (tertiary/aromatic N) is 3. The molecule has 1 aromatic carbocycles. The highest BCUT2D eigenvalue weighted by Gasteiger charge is 2.36. The molecule has 0 bridgehead atoms. The van der Waals surface area contributed by atoms with E-state index < -0.39 is 11.7 Å². The van der Waals surface area contributed by atoms with Crippen molar-refractivity contribution in [2.24, 2.45) is 5.92 Å². The van der Waals surface area contributed by atoms with E-state index in [4.69, 9.17) is 0 Å². The third-order valence-corrected chi connectivity index (χ3v) is 7.47. The Morgan fingerprint density at radius 1 is 1.24 bits per heavy atom. The molecule has 1 aliphatic carbocycles. The van der Waals surface area contributed by atoms with Gasteiger partial charge in [0.15, 0.2) is 0 Å². The Hall–Kier alpha value is -2.11. The summed E-state index contributed by atoms with van der Waals surface area (Å²) in [4.78, 5) is 22.8. The molecule has 34 heavy (non-hydrogen) atoms. The van der Waals surface area contributed by atoms with Gasteiger partial charge in [0.25, 0.3) is 0 Å². The summed E-state index contributed by atoms with van der Waals surface area (Å²) < 4.78 is 39.2. The maximum Gasteiger partial charge on any atom is 0.416 e. The highest BCUT2D eigenvalue weighted by Crippen LogP contribution is 2.33. The molecule has 0 spiro atoms. The normalized spacial score (nSPS) is 22.9. The Morgan fingerprint density at radius 2 is 1.97 bits per heavy atom. The number of aromatic nitrogens is 2. The fourth-order valence-corrected chi connectivity index (χ4v) is 5.49. The minimum absolute atomic E-state index is 0.0630. The van der Waals surface area contributed by atoms with Gasteiger partial charge < -0.3 is 15.7 Å². The summed E-state index contributed by atoms with van der Waals surface area (Å²) in [5.74, 6) is 1.14. The number of anilines is 1. The van der Waals surface area contributed by atoms with Crippen LogP contribution in [0.4, 0.5) is 19.0 Å². The predicted molar refractivity (Wildman–Crippen MR) is 127 cm³/mol. The number of rotatable bonds is 8. The summed E-state index contributed by atoms with van der Waals surface area (Å²) in [6.07, 6.45) is 2.78. The molecule has 1 unspecified atom stereocenters. The molecule has 1 atom stereocenters. The molecule has 4 rings (SSSR count). The maximum atomic E-state index is 13.1. The van der Waals surface area contributed by atoms with Crippen LogP contribution >= 0.6 is 11.8 Å². The summed E-state index contributed by atoms with van der Waals surface area (Å²) in [5.41, 5.74) is -0.416.